The Morgan fingerprint density at radius 3 is 3.24 bits per heavy atom. The third-order valence-corrected chi connectivity index (χ3v) is 4.79. The van der Waals surface area contributed by atoms with Crippen LogP contribution in [0.5, 0.6) is 0 Å². The molecule has 17 heavy (non-hydrogen) atoms. The van der Waals surface area contributed by atoms with E-state index in [2.05, 4.69) is 27.3 Å². The molecule has 5 heteroatoms. The molecule has 1 heterocycles. The summed E-state index contributed by atoms with van der Waals surface area (Å²) >= 11 is 5.36. The predicted molar refractivity (Wildman–Crippen MR) is 74.1 cm³/mol. The van der Waals surface area contributed by atoms with Crippen molar-refractivity contribution in [3.05, 3.63) is 20.3 Å². The number of rotatable bonds is 4. The molecule has 1 aliphatic rings. The summed E-state index contributed by atoms with van der Waals surface area (Å²) in [6.45, 7) is 2.01. The predicted octanol–water partition coefficient (Wildman–Crippen LogP) is 2.74. The zero-order valence-electron chi connectivity index (χ0n) is 9.83. The lowest BCUT2D eigenvalue weighted by molar-refractivity contribution is -0.118. The summed E-state index contributed by atoms with van der Waals surface area (Å²) in [6.07, 6.45) is 3.92. The van der Waals surface area contributed by atoms with E-state index in [1.165, 1.54) is 27.1 Å². The van der Waals surface area contributed by atoms with Crippen molar-refractivity contribution >= 4 is 33.2 Å². The van der Waals surface area contributed by atoms with E-state index in [9.17, 15) is 4.79 Å². The van der Waals surface area contributed by atoms with Crippen molar-refractivity contribution in [3.8, 4) is 0 Å². The highest BCUT2D eigenvalue weighted by Gasteiger charge is 2.23. The Bertz CT molecular complexity index is 419. The summed E-state index contributed by atoms with van der Waals surface area (Å²) in [7, 11) is 0. The first-order valence-corrected chi connectivity index (χ1v) is 7.49. The molecule has 0 aliphatic heterocycles. The molecular weight excluding hydrogens is 300 g/mol. The molecule has 1 aromatic rings. The molecule has 2 atom stereocenters. The van der Waals surface area contributed by atoms with E-state index in [1.54, 1.807) is 0 Å². The number of carbonyl (C=O) groups is 1. The van der Waals surface area contributed by atoms with Gasteiger partial charge in [-0.05, 0) is 53.7 Å². The average Bonchev–Trinajstić information content (AvgIpc) is 2.58. The van der Waals surface area contributed by atoms with Crippen LogP contribution in [0.2, 0.25) is 0 Å². The average molecular weight is 317 g/mol. The van der Waals surface area contributed by atoms with E-state index in [0.29, 0.717) is 12.5 Å². The van der Waals surface area contributed by atoms with Gasteiger partial charge in [0.2, 0.25) is 5.91 Å². The van der Waals surface area contributed by atoms with Gasteiger partial charge in [-0.25, -0.2) is 0 Å². The summed E-state index contributed by atoms with van der Waals surface area (Å²) in [5.41, 5.74) is 6.61. The summed E-state index contributed by atoms with van der Waals surface area (Å²) in [4.78, 5) is 12.3. The third kappa shape index (κ3) is 3.30. The van der Waals surface area contributed by atoms with Crippen LogP contribution in [0, 0.1) is 0 Å². The molecule has 3 nitrogen and oxygen atoms in total. The van der Waals surface area contributed by atoms with Crippen LogP contribution in [0.3, 0.4) is 0 Å². The Kier molecular flexibility index (Phi) is 4.22. The van der Waals surface area contributed by atoms with Gasteiger partial charge in [0.15, 0.2) is 0 Å². The number of amides is 1. The highest BCUT2D eigenvalue weighted by Crippen LogP contribution is 2.38. The molecule has 0 bridgehead atoms. The van der Waals surface area contributed by atoms with Crippen molar-refractivity contribution < 1.29 is 4.79 Å². The van der Waals surface area contributed by atoms with Gasteiger partial charge >= 0.3 is 0 Å². The molecule has 0 fully saturated rings. The Labute approximate surface area is 114 Å². The fourth-order valence-corrected chi connectivity index (χ4v) is 4.22. The topological polar surface area (TPSA) is 55.1 Å². The van der Waals surface area contributed by atoms with Crippen LogP contribution in [-0.2, 0) is 11.2 Å². The quantitative estimate of drug-likeness (QED) is 0.897. The van der Waals surface area contributed by atoms with E-state index < -0.39 is 0 Å². The highest BCUT2D eigenvalue weighted by molar-refractivity contribution is 9.11. The number of hydrogen-bond acceptors (Lipinski definition) is 3. The molecule has 2 rings (SSSR count). The third-order valence-electron chi connectivity index (χ3n) is 3.08. The molecule has 94 valence electrons. The summed E-state index contributed by atoms with van der Waals surface area (Å²) < 4.78 is 1.19. The normalized spacial score (nSPS) is 20.9. The Morgan fingerprint density at radius 2 is 2.53 bits per heavy atom. The number of halogens is 1. The van der Waals surface area contributed by atoms with E-state index in [0.717, 1.165) is 6.42 Å². The number of carbonyl (C=O) groups excluding carboxylic acids is 1. The Hall–Kier alpha value is -0.390. The van der Waals surface area contributed by atoms with Gasteiger partial charge in [0.1, 0.15) is 0 Å². The molecule has 2 unspecified atom stereocenters. The van der Waals surface area contributed by atoms with Crippen LogP contribution in [0.4, 0.5) is 0 Å². The smallest absolute Gasteiger partial charge is 0.218 e. The highest BCUT2D eigenvalue weighted by atomic mass is 79.9. The van der Waals surface area contributed by atoms with E-state index in [1.807, 2.05) is 18.3 Å². The molecule has 0 saturated heterocycles. The van der Waals surface area contributed by atoms with Gasteiger partial charge in [0.05, 0.1) is 3.79 Å². The van der Waals surface area contributed by atoms with Gasteiger partial charge in [-0.15, -0.1) is 11.3 Å². The van der Waals surface area contributed by atoms with Crippen LogP contribution in [0.1, 0.15) is 42.7 Å². The molecule has 0 spiro atoms. The number of nitrogens with one attached hydrogen (secondary N) is 1. The van der Waals surface area contributed by atoms with E-state index in [-0.39, 0.29) is 11.9 Å². The monoisotopic (exact) mass is 316 g/mol. The number of nitrogens with two attached hydrogens (primary N) is 1. The van der Waals surface area contributed by atoms with Crippen molar-refractivity contribution in [3.63, 3.8) is 0 Å². The summed E-state index contributed by atoms with van der Waals surface area (Å²) in [5.74, 6) is -0.243. The zero-order valence-corrected chi connectivity index (χ0v) is 12.2. The van der Waals surface area contributed by atoms with Crippen molar-refractivity contribution in [2.45, 2.75) is 44.7 Å². The molecule has 3 N–H and O–H groups in total. The number of aryl methyl sites for hydroxylation is 1. The van der Waals surface area contributed by atoms with Gasteiger partial charge in [0, 0.05) is 23.4 Å². The molecular formula is C12H17BrN2OS. The van der Waals surface area contributed by atoms with Crippen LogP contribution >= 0.6 is 27.3 Å². The van der Waals surface area contributed by atoms with Gasteiger partial charge in [-0.2, -0.15) is 0 Å². The lowest BCUT2D eigenvalue weighted by atomic mass is 9.93. The lowest BCUT2D eigenvalue weighted by Gasteiger charge is -2.26. The fraction of sp³-hybridized carbons (Fsp3) is 0.583. The zero-order chi connectivity index (χ0) is 12.4. The minimum atomic E-state index is -0.243. The lowest BCUT2D eigenvalue weighted by Crippen LogP contribution is -2.35. The second kappa shape index (κ2) is 5.50. The molecule has 0 saturated carbocycles. The van der Waals surface area contributed by atoms with Crippen molar-refractivity contribution in [1.29, 1.82) is 0 Å². The van der Waals surface area contributed by atoms with E-state index >= 15 is 0 Å². The van der Waals surface area contributed by atoms with Crippen molar-refractivity contribution in [2.75, 3.05) is 0 Å². The molecule has 0 radical (unpaired) electrons. The van der Waals surface area contributed by atoms with Gasteiger partial charge in [-0.1, -0.05) is 0 Å². The number of primary amides is 1. The van der Waals surface area contributed by atoms with Crippen LogP contribution in [0.15, 0.2) is 9.85 Å². The minimum absolute atomic E-state index is 0.141. The summed E-state index contributed by atoms with van der Waals surface area (Å²) in [6, 6.07) is 2.71. The standard InChI is InChI=1S/C12H17BrN2OS/c1-7(5-12(14)16)15-9-3-2-4-10-8(9)6-11(13)17-10/h6-7,9,15H,2-5H2,1H3,(H2,14,16). The van der Waals surface area contributed by atoms with Crippen LogP contribution in [0.25, 0.3) is 0 Å². The maximum absolute atomic E-state index is 10.9. The molecule has 1 aliphatic carbocycles. The summed E-state index contributed by atoms with van der Waals surface area (Å²) in [5, 5.41) is 3.50. The molecule has 1 aromatic heterocycles. The second-order valence-electron chi connectivity index (χ2n) is 4.61. The van der Waals surface area contributed by atoms with Crippen LogP contribution < -0.4 is 11.1 Å². The fourth-order valence-electron chi connectivity index (χ4n) is 2.40. The number of hydrogen-bond donors (Lipinski definition) is 2. The minimum Gasteiger partial charge on any atom is -0.370 e. The Morgan fingerprint density at radius 1 is 1.76 bits per heavy atom. The first-order valence-electron chi connectivity index (χ1n) is 5.88. The van der Waals surface area contributed by atoms with Crippen LogP contribution in [-0.4, -0.2) is 11.9 Å². The van der Waals surface area contributed by atoms with Gasteiger partial charge in [-0.3, -0.25) is 4.79 Å². The largest absolute Gasteiger partial charge is 0.370 e. The second-order valence-corrected chi connectivity index (χ2v) is 7.13. The number of fused-ring (bicyclic) bond motifs is 1. The first-order chi connectivity index (χ1) is 8.06. The van der Waals surface area contributed by atoms with Gasteiger partial charge in [0.25, 0.3) is 0 Å². The molecule has 0 aromatic carbocycles. The maximum atomic E-state index is 10.9. The first kappa shape index (κ1) is 13.1. The maximum Gasteiger partial charge on any atom is 0.218 e. The van der Waals surface area contributed by atoms with Gasteiger partial charge < -0.3 is 11.1 Å². The van der Waals surface area contributed by atoms with Crippen molar-refractivity contribution in [1.82, 2.24) is 5.32 Å². The molecule has 1 amide bonds. The van der Waals surface area contributed by atoms with Crippen molar-refractivity contribution in [2.24, 2.45) is 5.73 Å². The Balaban J connectivity index is 2.05. The SMILES string of the molecule is CC(CC(N)=O)NC1CCCc2sc(Br)cc21. The van der Waals surface area contributed by atoms with E-state index in [4.69, 9.17) is 5.73 Å². The number of thiophene rings is 1.